The molecule has 0 spiro atoms. The van der Waals surface area contributed by atoms with Gasteiger partial charge in [0.15, 0.2) is 43.0 Å². The number of aromatic nitrogens is 10. The zero-order valence-electron chi connectivity index (χ0n) is 77.7. The zero-order valence-corrected chi connectivity index (χ0v) is 82.4. The second-order valence-electron chi connectivity index (χ2n) is 32.1. The first-order valence-corrected chi connectivity index (χ1v) is 45.7. The molecular formula is C106H90Br3N19O10. The van der Waals surface area contributed by atoms with Crippen molar-refractivity contribution in [3.05, 3.63) is 293 Å². The molecule has 29 nitrogen and oxygen atoms in total. The van der Waals surface area contributed by atoms with Crippen molar-refractivity contribution in [3.63, 3.8) is 0 Å². The molecule has 15 aromatic rings. The molecule has 10 aromatic heterocycles. The summed E-state index contributed by atoms with van der Waals surface area (Å²) in [4.78, 5) is 113. The van der Waals surface area contributed by atoms with Crippen LogP contribution >= 0.6 is 47.8 Å². The summed E-state index contributed by atoms with van der Waals surface area (Å²) >= 11 is 10.1. The molecule has 1 aliphatic rings. The lowest BCUT2D eigenvalue weighted by Crippen LogP contribution is -2.34. The Hall–Kier alpha value is -16.4. The molecule has 0 aliphatic carbocycles. The molecule has 0 unspecified atom stereocenters. The van der Waals surface area contributed by atoms with Gasteiger partial charge in [0.25, 0.3) is 0 Å². The minimum atomic E-state index is -0.467. The van der Waals surface area contributed by atoms with Crippen molar-refractivity contribution in [2.75, 3.05) is 87.1 Å². The number of piperidine rings is 1. The van der Waals surface area contributed by atoms with E-state index in [0.29, 0.717) is 95.4 Å². The Labute approximate surface area is 822 Å². The van der Waals surface area contributed by atoms with E-state index in [1.807, 2.05) is 156 Å². The molecule has 11 heterocycles. The number of pyridine rings is 5. The van der Waals surface area contributed by atoms with Gasteiger partial charge in [-0.05, 0) is 264 Å². The summed E-state index contributed by atoms with van der Waals surface area (Å²) in [6.45, 7) is 14.8. The Morgan fingerprint density at radius 1 is 0.355 bits per heavy atom. The molecule has 3 amide bonds. The lowest BCUT2D eigenvalue weighted by Gasteiger charge is -2.25. The zero-order chi connectivity index (χ0) is 99.3. The maximum Gasteiger partial charge on any atom is 0.410 e. The van der Waals surface area contributed by atoms with Gasteiger partial charge in [-0.1, -0.05) is 57.9 Å². The van der Waals surface area contributed by atoms with E-state index in [1.165, 1.54) is 28.0 Å². The van der Waals surface area contributed by atoms with Crippen LogP contribution in [0.15, 0.2) is 198 Å². The Balaban J connectivity index is 0.000000157. The van der Waals surface area contributed by atoms with Crippen LogP contribution in [0.4, 0.5) is 14.4 Å². The molecule has 1 saturated heterocycles. The van der Waals surface area contributed by atoms with E-state index in [1.54, 1.807) is 129 Å². The average Bonchev–Trinajstić information content (AvgIpc) is 1.61. The standard InChI is InChI=1S/C28H29N5O3.C23H19BrN4O3.C23H20N4O3.C17H12BrN3O.C15H10BrN3/c1-20-26(25(34)19-32-13-5-4-6-14-32)27-24(33(20)23-11-9-21(17-29)10-12-23)16-22(18-30-27)8-7-15-36-28(35)31(2)3;1-15-21(20(29)12-24)22-19(28(15)18-8-6-16(13-25)7-9-18)11-17(14-26-22)5-4-10-31-23(30)27(2)3;1-15-21(16(2)28)22-20(27(15)19-9-7-17(13-24)8-10-19)12-18(14-25-22)6-5-11-30-23(29)26(3)4;1-10-16(11(2)22)17-15(7-13(18)9-20-17)21(10)14-5-3-12(8-19)4-6-14;1-10-6-14-15(7-12(16)9-18-14)19(10)13-4-2-11(8-17)3-5-13/h9-12,16,18H,4-6,13-15,19H2,1-3H3;6-9,11,14H,10,12H2,1-3H3;7-10,12,14H,11H2,1-4H3;3-7,9H,1-2H3;2-7,9H,1H3. The smallest absolute Gasteiger partial charge is 0.410 e. The quantitative estimate of drug-likeness (QED) is 0.0398. The van der Waals surface area contributed by atoms with Crippen LogP contribution in [0.1, 0.15) is 148 Å². The minimum Gasteiger partial charge on any atom is -0.436 e. The van der Waals surface area contributed by atoms with E-state index in [0.717, 1.165) is 125 Å². The lowest BCUT2D eigenvalue weighted by atomic mass is 10.1. The highest BCUT2D eigenvalue weighted by atomic mass is 79.9. The number of amides is 3. The molecule has 32 heteroatoms. The monoisotopic (exact) mass is 2030 g/mol. The number of carbonyl (C=O) groups is 7. The second-order valence-corrected chi connectivity index (χ2v) is 34.5. The number of hydrogen-bond acceptors (Lipinski definition) is 21. The number of alkyl halides is 1. The van der Waals surface area contributed by atoms with Crippen molar-refractivity contribution < 1.29 is 47.8 Å². The van der Waals surface area contributed by atoms with Crippen molar-refractivity contribution in [1.29, 1.82) is 26.3 Å². The van der Waals surface area contributed by atoms with Crippen LogP contribution in [-0.4, -0.2) is 196 Å². The van der Waals surface area contributed by atoms with E-state index in [9.17, 15) is 38.8 Å². The number of rotatable bonds is 15. The number of likely N-dealkylation sites (tertiary alicyclic amines) is 1. The molecule has 0 atom stereocenters. The number of Topliss-reactive ketones (excluding diaryl/α,β-unsaturated/α-hetero) is 4. The van der Waals surface area contributed by atoms with E-state index in [-0.39, 0.29) is 48.3 Å². The number of ether oxygens (including phenoxy) is 3. The molecule has 0 radical (unpaired) electrons. The minimum absolute atomic E-state index is 0.00952. The first-order valence-electron chi connectivity index (χ1n) is 43.0. The molecule has 1 fully saturated rings. The molecule has 0 saturated carbocycles. The van der Waals surface area contributed by atoms with Gasteiger partial charge in [-0.3, -0.25) is 49.0 Å². The Morgan fingerprint density at radius 3 is 0.949 bits per heavy atom. The van der Waals surface area contributed by atoms with Crippen molar-refractivity contribution in [3.8, 4) is 94.3 Å². The van der Waals surface area contributed by atoms with Crippen molar-refractivity contribution in [1.82, 2.24) is 67.4 Å². The fourth-order valence-corrected chi connectivity index (χ4v) is 16.6. The topological polar surface area (TPSA) is 368 Å². The van der Waals surface area contributed by atoms with Gasteiger partial charge in [-0.15, -0.1) is 0 Å². The molecular weight excluding hydrogens is 1940 g/mol. The maximum absolute atomic E-state index is 13.5. The van der Waals surface area contributed by atoms with Gasteiger partial charge < -0.3 is 51.7 Å². The van der Waals surface area contributed by atoms with Gasteiger partial charge >= 0.3 is 18.3 Å². The number of halogens is 3. The van der Waals surface area contributed by atoms with Crippen LogP contribution in [0, 0.1) is 127 Å². The van der Waals surface area contributed by atoms with Gasteiger partial charge in [-0.2, -0.15) is 26.3 Å². The normalized spacial score (nSPS) is 11.2. The molecule has 138 heavy (non-hydrogen) atoms. The highest BCUT2D eigenvalue weighted by molar-refractivity contribution is 9.10. The fraction of sp³-hybridized carbons (Fsp3) is 0.217. The second kappa shape index (κ2) is 46.0. The SMILES string of the molecule is CC(=O)c1c(C)n(-c2ccc(C#N)cc2)c2cc(Br)cnc12.CC(=O)c1c(C)n(-c2ccc(C#N)cc2)c2cc(C#CCOC(=O)N(C)C)cnc12.Cc1c(C(=O)CBr)c2ncc(C#CCOC(=O)N(C)C)cc2n1-c1ccc(C#N)cc1.Cc1c(C(=O)CN2CCCCC2)c2ncc(C#CCOC(=O)N(C)C)cc2n1-c1ccc(C#N)cc1.Cc1cc2ncc(Br)cc2n1-c1ccc(C#N)cc1. The van der Waals surface area contributed by atoms with Crippen LogP contribution in [0.5, 0.6) is 0 Å². The van der Waals surface area contributed by atoms with Crippen molar-refractivity contribution >= 4 is 144 Å². The number of carbonyl (C=O) groups excluding carboxylic acids is 7. The molecule has 16 rings (SSSR count). The van der Waals surface area contributed by atoms with Crippen LogP contribution in [0.25, 0.3) is 83.6 Å². The Bertz CT molecular complexity index is 7700. The van der Waals surface area contributed by atoms with E-state index >= 15 is 0 Å². The van der Waals surface area contributed by atoms with E-state index in [4.69, 9.17) is 35.3 Å². The summed E-state index contributed by atoms with van der Waals surface area (Å²) in [6, 6.07) is 58.5. The van der Waals surface area contributed by atoms with Crippen LogP contribution in [0.2, 0.25) is 0 Å². The van der Waals surface area contributed by atoms with Gasteiger partial charge in [0.05, 0.1) is 147 Å². The Kier molecular flexibility index (Phi) is 33.5. The number of ketones is 4. The predicted octanol–water partition coefficient (Wildman–Crippen LogP) is 19.4. The van der Waals surface area contributed by atoms with Gasteiger partial charge in [-0.25, -0.2) is 14.4 Å². The first kappa shape index (κ1) is 101. The summed E-state index contributed by atoms with van der Waals surface area (Å²) in [6.07, 6.45) is 10.4. The van der Waals surface area contributed by atoms with Crippen LogP contribution in [-0.2, 0) is 14.2 Å². The van der Waals surface area contributed by atoms with Gasteiger partial charge in [0, 0.05) is 156 Å². The van der Waals surface area contributed by atoms with Crippen molar-refractivity contribution in [2.24, 2.45) is 0 Å². The fourth-order valence-electron chi connectivity index (χ4n) is 15.7. The number of hydrogen-bond donors (Lipinski definition) is 0. The largest absolute Gasteiger partial charge is 0.436 e. The Morgan fingerprint density at radius 2 is 0.638 bits per heavy atom. The maximum atomic E-state index is 13.5. The summed E-state index contributed by atoms with van der Waals surface area (Å²) in [5, 5.41) is 45.3. The highest BCUT2D eigenvalue weighted by Crippen LogP contribution is 2.36. The third-order valence-electron chi connectivity index (χ3n) is 22.0. The number of nitriles is 5. The van der Waals surface area contributed by atoms with Crippen LogP contribution in [0.3, 0.4) is 0 Å². The summed E-state index contributed by atoms with van der Waals surface area (Å²) < 4.78 is 26.8. The predicted molar refractivity (Wildman–Crippen MR) is 537 cm³/mol. The van der Waals surface area contributed by atoms with E-state index < -0.39 is 18.3 Å². The molecule has 1 aliphatic heterocycles. The van der Waals surface area contributed by atoms with E-state index in [2.05, 4.69) is 154 Å². The molecule has 690 valence electrons. The van der Waals surface area contributed by atoms with Crippen molar-refractivity contribution in [2.45, 2.75) is 67.7 Å². The number of nitrogens with zero attached hydrogens (tertiary/aromatic N) is 19. The summed E-state index contributed by atoms with van der Waals surface area (Å²) in [5.41, 5.74) is 23.4. The molecule has 0 bridgehead atoms. The number of benzene rings is 5. The number of fused-ring (bicyclic) bond motifs is 5. The highest BCUT2D eigenvalue weighted by Gasteiger charge is 2.28. The van der Waals surface area contributed by atoms with Gasteiger partial charge in [0.1, 0.15) is 0 Å². The summed E-state index contributed by atoms with van der Waals surface area (Å²) in [7, 11) is 9.60. The lowest BCUT2D eigenvalue weighted by molar-refractivity contribution is 0.0914. The molecule has 0 N–H and O–H groups in total. The summed E-state index contributed by atoms with van der Waals surface area (Å²) in [5.74, 6) is 17.2. The average molecular weight is 2030 g/mol. The number of aryl methyl sites for hydroxylation is 1. The third-order valence-corrected chi connectivity index (χ3v) is 23.4. The van der Waals surface area contributed by atoms with Gasteiger partial charge in [0.2, 0.25) is 0 Å². The molecule has 5 aromatic carbocycles. The third kappa shape index (κ3) is 23.5. The van der Waals surface area contributed by atoms with Crippen LogP contribution < -0.4 is 0 Å². The first-order chi connectivity index (χ1) is 66.3.